The first-order chi connectivity index (χ1) is 8.23. The number of nitrogens with zero attached hydrogens (tertiary/aromatic N) is 1. The van der Waals surface area contributed by atoms with E-state index in [0.717, 1.165) is 22.3 Å². The number of hydrogen-bond acceptors (Lipinski definition) is 3. The number of aliphatic hydroxyl groups excluding tert-OH is 1. The molecular weight excluding hydrogens is 250 g/mol. The van der Waals surface area contributed by atoms with E-state index in [4.69, 9.17) is 5.11 Å². The van der Waals surface area contributed by atoms with Gasteiger partial charge in [0, 0.05) is 13.6 Å². The van der Waals surface area contributed by atoms with Crippen LogP contribution in [0.1, 0.15) is 22.3 Å². The van der Waals surface area contributed by atoms with Crippen molar-refractivity contribution in [2.24, 2.45) is 0 Å². The molecule has 0 spiro atoms. The van der Waals surface area contributed by atoms with Crippen molar-refractivity contribution in [2.75, 3.05) is 20.2 Å². The molecule has 0 unspecified atom stereocenters. The summed E-state index contributed by atoms with van der Waals surface area (Å²) >= 11 is 0. The van der Waals surface area contributed by atoms with Crippen LogP contribution < -0.4 is 0 Å². The van der Waals surface area contributed by atoms with Crippen molar-refractivity contribution in [3.05, 3.63) is 28.3 Å². The molecule has 0 amide bonds. The molecule has 0 aliphatic rings. The Labute approximate surface area is 109 Å². The number of aliphatic hydroxyl groups is 1. The quantitative estimate of drug-likeness (QED) is 0.903. The fourth-order valence-corrected chi connectivity index (χ4v) is 3.71. The van der Waals surface area contributed by atoms with Crippen LogP contribution in [0.2, 0.25) is 0 Å². The highest BCUT2D eigenvalue weighted by atomic mass is 32.2. The second-order valence-corrected chi connectivity index (χ2v) is 6.62. The van der Waals surface area contributed by atoms with Gasteiger partial charge in [-0.3, -0.25) is 0 Å². The van der Waals surface area contributed by atoms with Gasteiger partial charge in [0.05, 0.1) is 11.5 Å². The molecule has 0 aliphatic carbocycles. The van der Waals surface area contributed by atoms with Crippen molar-refractivity contribution in [1.82, 2.24) is 4.31 Å². The molecule has 0 aliphatic heterocycles. The summed E-state index contributed by atoms with van der Waals surface area (Å²) in [7, 11) is -2.05. The summed E-state index contributed by atoms with van der Waals surface area (Å²) in [5, 5.41) is 8.89. The summed E-state index contributed by atoms with van der Waals surface area (Å²) < 4.78 is 26.2. The van der Waals surface area contributed by atoms with Crippen LogP contribution in [0.15, 0.2) is 11.0 Å². The molecular formula is C13H21NO3S. The van der Waals surface area contributed by atoms with Crippen LogP contribution in [0, 0.1) is 27.7 Å². The first-order valence-corrected chi connectivity index (χ1v) is 7.32. The lowest BCUT2D eigenvalue weighted by Crippen LogP contribution is -2.31. The molecule has 0 atom stereocenters. The van der Waals surface area contributed by atoms with Crippen molar-refractivity contribution in [3.8, 4) is 0 Å². The van der Waals surface area contributed by atoms with E-state index in [-0.39, 0.29) is 13.2 Å². The Morgan fingerprint density at radius 2 is 1.56 bits per heavy atom. The largest absolute Gasteiger partial charge is 0.395 e. The van der Waals surface area contributed by atoms with Gasteiger partial charge in [0.2, 0.25) is 10.0 Å². The van der Waals surface area contributed by atoms with Crippen LogP contribution in [0.4, 0.5) is 0 Å². The number of hydrogen-bond donors (Lipinski definition) is 1. The van der Waals surface area contributed by atoms with Gasteiger partial charge < -0.3 is 5.11 Å². The first kappa shape index (κ1) is 15.1. The highest BCUT2D eigenvalue weighted by Crippen LogP contribution is 2.27. The van der Waals surface area contributed by atoms with E-state index in [9.17, 15) is 8.42 Å². The summed E-state index contributed by atoms with van der Waals surface area (Å²) in [4.78, 5) is 0.371. The summed E-state index contributed by atoms with van der Waals surface area (Å²) in [5.74, 6) is 0. The predicted molar refractivity (Wildman–Crippen MR) is 72.3 cm³/mol. The van der Waals surface area contributed by atoms with Gasteiger partial charge in [-0.15, -0.1) is 0 Å². The predicted octanol–water partition coefficient (Wildman–Crippen LogP) is 1.53. The van der Waals surface area contributed by atoms with E-state index in [1.54, 1.807) is 0 Å². The Kier molecular flexibility index (Phi) is 4.53. The Hall–Kier alpha value is -0.910. The number of sulfonamides is 1. The van der Waals surface area contributed by atoms with E-state index < -0.39 is 10.0 Å². The molecule has 0 radical (unpaired) electrons. The zero-order valence-electron chi connectivity index (χ0n) is 11.6. The molecule has 1 rings (SSSR count). The standard InChI is InChI=1S/C13H21NO3S/c1-9-8-10(2)12(4)13(11(9)3)18(16,17)14(5)6-7-15/h8,15H,6-7H2,1-5H3. The van der Waals surface area contributed by atoms with Crippen LogP contribution in [0.3, 0.4) is 0 Å². The molecule has 18 heavy (non-hydrogen) atoms. The van der Waals surface area contributed by atoms with Gasteiger partial charge in [-0.05, 0) is 49.9 Å². The zero-order valence-corrected chi connectivity index (χ0v) is 12.4. The molecule has 5 heteroatoms. The first-order valence-electron chi connectivity index (χ1n) is 5.88. The minimum atomic E-state index is -3.53. The number of aryl methyl sites for hydroxylation is 2. The van der Waals surface area contributed by atoms with Crippen LogP contribution in [0.25, 0.3) is 0 Å². The summed E-state index contributed by atoms with van der Waals surface area (Å²) in [6, 6.07) is 2.00. The maximum absolute atomic E-state index is 12.5. The number of benzene rings is 1. The number of rotatable bonds is 4. The Morgan fingerprint density at radius 1 is 1.11 bits per heavy atom. The van der Waals surface area contributed by atoms with Crippen LogP contribution in [-0.4, -0.2) is 38.0 Å². The summed E-state index contributed by atoms with van der Waals surface area (Å²) in [6.07, 6.45) is 0. The molecule has 1 N–H and O–H groups in total. The second-order valence-electron chi connectivity index (χ2n) is 4.64. The Balaban J connectivity index is 3.51. The third-order valence-electron chi connectivity index (χ3n) is 3.38. The third kappa shape index (κ3) is 2.58. The van der Waals surface area contributed by atoms with Gasteiger partial charge in [-0.1, -0.05) is 6.07 Å². The topological polar surface area (TPSA) is 57.6 Å². The fourth-order valence-electron chi connectivity index (χ4n) is 1.98. The summed E-state index contributed by atoms with van der Waals surface area (Å²) in [5.41, 5.74) is 3.49. The SMILES string of the molecule is Cc1cc(C)c(C)c(S(=O)(=O)N(C)CCO)c1C. The third-order valence-corrected chi connectivity index (χ3v) is 5.51. The molecule has 0 aromatic heterocycles. The van der Waals surface area contributed by atoms with E-state index in [0.29, 0.717) is 4.90 Å². The van der Waals surface area contributed by atoms with Gasteiger partial charge in [0.25, 0.3) is 0 Å². The zero-order chi connectivity index (χ0) is 14.1. The Morgan fingerprint density at radius 3 is 1.94 bits per heavy atom. The van der Waals surface area contributed by atoms with E-state index in [1.807, 2.05) is 33.8 Å². The highest BCUT2D eigenvalue weighted by molar-refractivity contribution is 7.89. The lowest BCUT2D eigenvalue weighted by Gasteiger charge is -2.21. The van der Waals surface area contributed by atoms with Crippen molar-refractivity contribution in [2.45, 2.75) is 32.6 Å². The van der Waals surface area contributed by atoms with Gasteiger partial charge in [0.15, 0.2) is 0 Å². The smallest absolute Gasteiger partial charge is 0.243 e. The van der Waals surface area contributed by atoms with E-state index >= 15 is 0 Å². The van der Waals surface area contributed by atoms with Crippen molar-refractivity contribution >= 4 is 10.0 Å². The van der Waals surface area contributed by atoms with Crippen molar-refractivity contribution in [1.29, 1.82) is 0 Å². The molecule has 0 heterocycles. The van der Waals surface area contributed by atoms with Crippen LogP contribution >= 0.6 is 0 Å². The molecule has 1 aromatic rings. The molecule has 1 aromatic carbocycles. The maximum Gasteiger partial charge on any atom is 0.243 e. The van der Waals surface area contributed by atoms with E-state index in [1.165, 1.54) is 11.4 Å². The lowest BCUT2D eigenvalue weighted by atomic mass is 10.0. The van der Waals surface area contributed by atoms with Gasteiger partial charge >= 0.3 is 0 Å². The van der Waals surface area contributed by atoms with E-state index in [2.05, 4.69) is 0 Å². The molecule has 0 bridgehead atoms. The minimum Gasteiger partial charge on any atom is -0.395 e. The van der Waals surface area contributed by atoms with Crippen LogP contribution in [0.5, 0.6) is 0 Å². The molecule has 0 saturated heterocycles. The van der Waals surface area contributed by atoms with Gasteiger partial charge in [0.1, 0.15) is 0 Å². The average Bonchev–Trinajstić information content (AvgIpc) is 2.26. The average molecular weight is 271 g/mol. The van der Waals surface area contributed by atoms with Gasteiger partial charge in [-0.25, -0.2) is 8.42 Å². The highest BCUT2D eigenvalue weighted by Gasteiger charge is 2.25. The molecule has 102 valence electrons. The summed E-state index contributed by atoms with van der Waals surface area (Å²) in [6.45, 7) is 7.38. The van der Waals surface area contributed by atoms with Crippen molar-refractivity contribution < 1.29 is 13.5 Å². The monoisotopic (exact) mass is 271 g/mol. The second kappa shape index (κ2) is 5.38. The Bertz CT molecular complexity index is 524. The fraction of sp³-hybridized carbons (Fsp3) is 0.538. The minimum absolute atomic E-state index is 0.105. The normalized spacial score (nSPS) is 12.2. The lowest BCUT2D eigenvalue weighted by molar-refractivity contribution is 0.266. The molecule has 0 fully saturated rings. The maximum atomic E-state index is 12.5. The molecule has 4 nitrogen and oxygen atoms in total. The molecule has 0 saturated carbocycles. The van der Waals surface area contributed by atoms with Gasteiger partial charge in [-0.2, -0.15) is 4.31 Å². The van der Waals surface area contributed by atoms with Crippen LogP contribution in [-0.2, 0) is 10.0 Å². The number of likely N-dealkylation sites (N-methyl/N-ethyl adjacent to an activating group) is 1. The van der Waals surface area contributed by atoms with Crippen molar-refractivity contribution in [3.63, 3.8) is 0 Å².